The molecule has 0 fully saturated rings. The molecule has 124 valence electrons. The minimum absolute atomic E-state index is 0.00496. The highest BCUT2D eigenvalue weighted by Crippen LogP contribution is 2.31. The Morgan fingerprint density at radius 3 is 2.48 bits per heavy atom. The smallest absolute Gasteiger partial charge is 0.230 e. The van der Waals surface area contributed by atoms with E-state index in [4.69, 9.17) is 4.98 Å². The van der Waals surface area contributed by atoms with Gasteiger partial charge in [0.25, 0.3) is 0 Å². The fourth-order valence-electron chi connectivity index (χ4n) is 2.58. The second-order valence-corrected chi connectivity index (χ2v) is 6.26. The Bertz CT molecular complexity index is 649. The summed E-state index contributed by atoms with van der Waals surface area (Å²) < 4.78 is 0. The molecule has 0 atom stereocenters. The van der Waals surface area contributed by atoms with Gasteiger partial charge in [0, 0.05) is 18.8 Å². The molecule has 1 amide bonds. The molecule has 0 aliphatic heterocycles. The predicted molar refractivity (Wildman–Crippen MR) is 97.4 cm³/mol. The standard InChI is InChI=1S/C18H25N3OS/c1-5-15-10-8-9-11-17(15)21(14(4)22)18-19-16(13-23-18)12-20(6-2)7-3/h8-11,13H,5-7,12H2,1-4H3. The summed E-state index contributed by atoms with van der Waals surface area (Å²) in [5.41, 5.74) is 3.11. The van der Waals surface area contributed by atoms with Crippen LogP contribution >= 0.6 is 11.3 Å². The Balaban J connectivity index is 2.32. The summed E-state index contributed by atoms with van der Waals surface area (Å²) in [6.45, 7) is 10.8. The minimum atomic E-state index is -0.00496. The monoisotopic (exact) mass is 331 g/mol. The van der Waals surface area contributed by atoms with Gasteiger partial charge in [-0.25, -0.2) is 4.98 Å². The first-order valence-corrected chi connectivity index (χ1v) is 9.03. The van der Waals surface area contributed by atoms with Crippen LogP contribution in [0.3, 0.4) is 0 Å². The normalized spacial score (nSPS) is 11.0. The molecule has 0 radical (unpaired) electrons. The Labute approximate surface area is 142 Å². The fourth-order valence-corrected chi connectivity index (χ4v) is 3.45. The Hall–Kier alpha value is -1.72. The van der Waals surface area contributed by atoms with E-state index in [0.29, 0.717) is 0 Å². The Morgan fingerprint density at radius 2 is 1.87 bits per heavy atom. The van der Waals surface area contributed by atoms with Crippen LogP contribution in [0.15, 0.2) is 29.6 Å². The molecule has 0 saturated carbocycles. The maximum Gasteiger partial charge on any atom is 0.230 e. The van der Waals surface area contributed by atoms with Gasteiger partial charge in [0.2, 0.25) is 5.91 Å². The van der Waals surface area contributed by atoms with Crippen LogP contribution < -0.4 is 4.90 Å². The van der Waals surface area contributed by atoms with E-state index in [2.05, 4.69) is 37.1 Å². The molecule has 1 heterocycles. The lowest BCUT2D eigenvalue weighted by atomic mass is 10.1. The number of benzene rings is 1. The highest BCUT2D eigenvalue weighted by molar-refractivity contribution is 7.14. The number of carbonyl (C=O) groups excluding carboxylic acids is 1. The Morgan fingerprint density at radius 1 is 1.17 bits per heavy atom. The predicted octanol–water partition coefficient (Wildman–Crippen LogP) is 4.23. The SMILES string of the molecule is CCc1ccccc1N(C(C)=O)c1nc(CN(CC)CC)cs1. The molecular weight excluding hydrogens is 306 g/mol. The van der Waals surface area contributed by atoms with E-state index in [0.717, 1.165) is 48.1 Å². The lowest BCUT2D eigenvalue weighted by Gasteiger charge is -2.21. The fraction of sp³-hybridized carbons (Fsp3) is 0.444. The van der Waals surface area contributed by atoms with Gasteiger partial charge in [-0.05, 0) is 31.1 Å². The summed E-state index contributed by atoms with van der Waals surface area (Å²) in [4.78, 5) is 21.0. The van der Waals surface area contributed by atoms with Gasteiger partial charge in [-0.2, -0.15) is 0 Å². The third-order valence-electron chi connectivity index (χ3n) is 3.94. The van der Waals surface area contributed by atoms with Crippen molar-refractivity contribution < 1.29 is 4.79 Å². The largest absolute Gasteiger partial charge is 0.298 e. The molecule has 0 N–H and O–H groups in total. The number of aromatic nitrogens is 1. The lowest BCUT2D eigenvalue weighted by molar-refractivity contribution is -0.115. The summed E-state index contributed by atoms with van der Waals surface area (Å²) in [6.07, 6.45) is 0.887. The molecule has 0 aliphatic carbocycles. The van der Waals surface area contributed by atoms with E-state index in [1.54, 1.807) is 11.8 Å². The molecule has 2 aromatic rings. The van der Waals surface area contributed by atoms with Crippen molar-refractivity contribution in [2.24, 2.45) is 0 Å². The zero-order valence-corrected chi connectivity index (χ0v) is 15.2. The number of carbonyl (C=O) groups is 1. The summed E-state index contributed by atoms with van der Waals surface area (Å²) in [5, 5.41) is 2.80. The molecule has 1 aromatic carbocycles. The zero-order valence-electron chi connectivity index (χ0n) is 14.4. The first kappa shape index (κ1) is 17.6. The Kier molecular flexibility index (Phi) is 6.30. The molecule has 2 rings (SSSR count). The van der Waals surface area contributed by atoms with Gasteiger partial charge < -0.3 is 0 Å². The molecule has 0 unspecified atom stereocenters. The van der Waals surface area contributed by atoms with Crippen molar-refractivity contribution in [2.75, 3.05) is 18.0 Å². The maximum absolute atomic E-state index is 12.2. The zero-order chi connectivity index (χ0) is 16.8. The second kappa shape index (κ2) is 8.22. The van der Waals surface area contributed by atoms with E-state index < -0.39 is 0 Å². The van der Waals surface area contributed by atoms with Crippen molar-refractivity contribution in [3.8, 4) is 0 Å². The van der Waals surface area contributed by atoms with Gasteiger partial charge in [-0.3, -0.25) is 14.6 Å². The molecule has 1 aromatic heterocycles. The number of thiazole rings is 1. The van der Waals surface area contributed by atoms with Gasteiger partial charge >= 0.3 is 0 Å². The van der Waals surface area contributed by atoms with E-state index in [-0.39, 0.29) is 5.91 Å². The highest BCUT2D eigenvalue weighted by atomic mass is 32.1. The third-order valence-corrected chi connectivity index (χ3v) is 4.81. The van der Waals surface area contributed by atoms with Crippen LogP contribution in [-0.4, -0.2) is 28.9 Å². The number of nitrogens with zero attached hydrogens (tertiary/aromatic N) is 3. The average Bonchev–Trinajstić information content (AvgIpc) is 3.01. The molecule has 0 bridgehead atoms. The first-order valence-electron chi connectivity index (χ1n) is 8.16. The molecule has 4 nitrogen and oxygen atoms in total. The second-order valence-electron chi connectivity index (χ2n) is 5.42. The minimum Gasteiger partial charge on any atom is -0.298 e. The lowest BCUT2D eigenvalue weighted by Crippen LogP contribution is -2.24. The molecule has 23 heavy (non-hydrogen) atoms. The quantitative estimate of drug-likeness (QED) is 0.762. The summed E-state index contributed by atoms with van der Waals surface area (Å²) in [6, 6.07) is 8.03. The van der Waals surface area contributed by atoms with Crippen LogP contribution in [-0.2, 0) is 17.8 Å². The molecule has 5 heteroatoms. The molecular formula is C18H25N3OS. The van der Waals surface area contributed by atoms with Gasteiger partial charge in [0.05, 0.1) is 11.4 Å². The number of para-hydroxylation sites is 1. The van der Waals surface area contributed by atoms with Gasteiger partial charge in [0.1, 0.15) is 0 Å². The summed E-state index contributed by atoms with van der Waals surface area (Å²) >= 11 is 1.53. The highest BCUT2D eigenvalue weighted by Gasteiger charge is 2.20. The van der Waals surface area contributed by atoms with Crippen LogP contribution in [0.25, 0.3) is 0 Å². The van der Waals surface area contributed by atoms with Crippen LogP contribution in [0.2, 0.25) is 0 Å². The number of anilines is 2. The van der Waals surface area contributed by atoms with Crippen molar-refractivity contribution in [1.82, 2.24) is 9.88 Å². The average molecular weight is 331 g/mol. The number of hydrogen-bond acceptors (Lipinski definition) is 4. The van der Waals surface area contributed by atoms with Crippen molar-refractivity contribution in [2.45, 2.75) is 40.7 Å². The topological polar surface area (TPSA) is 36.4 Å². The van der Waals surface area contributed by atoms with Crippen molar-refractivity contribution >= 4 is 28.1 Å². The summed E-state index contributed by atoms with van der Waals surface area (Å²) in [7, 11) is 0. The molecule has 0 spiro atoms. The molecule has 0 aliphatic rings. The van der Waals surface area contributed by atoms with Gasteiger partial charge in [0.15, 0.2) is 5.13 Å². The first-order chi connectivity index (χ1) is 11.1. The van der Waals surface area contributed by atoms with Crippen molar-refractivity contribution in [3.05, 3.63) is 40.9 Å². The number of hydrogen-bond donors (Lipinski definition) is 0. The summed E-state index contributed by atoms with van der Waals surface area (Å²) in [5.74, 6) is -0.00496. The number of aryl methyl sites for hydroxylation is 1. The van der Waals surface area contributed by atoms with Crippen LogP contribution in [0, 0.1) is 0 Å². The van der Waals surface area contributed by atoms with E-state index in [9.17, 15) is 4.79 Å². The van der Waals surface area contributed by atoms with E-state index in [1.807, 2.05) is 18.2 Å². The van der Waals surface area contributed by atoms with Crippen molar-refractivity contribution in [3.63, 3.8) is 0 Å². The van der Waals surface area contributed by atoms with E-state index >= 15 is 0 Å². The van der Waals surface area contributed by atoms with Gasteiger partial charge in [-0.15, -0.1) is 11.3 Å². The van der Waals surface area contributed by atoms with Crippen molar-refractivity contribution in [1.29, 1.82) is 0 Å². The van der Waals surface area contributed by atoms with Gasteiger partial charge in [-0.1, -0.05) is 39.0 Å². The van der Waals surface area contributed by atoms with E-state index in [1.165, 1.54) is 11.3 Å². The van der Waals surface area contributed by atoms with Crippen LogP contribution in [0.5, 0.6) is 0 Å². The number of amides is 1. The maximum atomic E-state index is 12.2. The molecule has 0 saturated heterocycles. The third kappa shape index (κ3) is 4.18. The number of rotatable bonds is 7. The van der Waals surface area contributed by atoms with Crippen LogP contribution in [0.1, 0.15) is 39.0 Å². The van der Waals surface area contributed by atoms with Crippen LogP contribution in [0.4, 0.5) is 10.8 Å².